The quantitative estimate of drug-likeness (QED) is 0.936. The molecule has 1 aliphatic rings. The van der Waals surface area contributed by atoms with Crippen LogP contribution in [0.4, 0.5) is 5.82 Å². The van der Waals surface area contributed by atoms with E-state index in [2.05, 4.69) is 17.1 Å². The van der Waals surface area contributed by atoms with Crippen molar-refractivity contribution in [3.05, 3.63) is 58.6 Å². The van der Waals surface area contributed by atoms with Crippen LogP contribution in [-0.2, 0) is 6.54 Å². The predicted molar refractivity (Wildman–Crippen MR) is 90.8 cm³/mol. The van der Waals surface area contributed by atoms with Gasteiger partial charge in [-0.2, -0.15) is 0 Å². The SMILES string of the molecule is CCn1ccnc(N2CC[C@@H](c3ccccc3)[C@@H](CO)C2)c1=O. The first-order valence-electron chi connectivity index (χ1n) is 8.20. The second-order valence-corrected chi connectivity index (χ2v) is 6.04. The van der Waals surface area contributed by atoms with E-state index in [4.69, 9.17) is 0 Å². The Labute approximate surface area is 136 Å². The average molecular weight is 313 g/mol. The van der Waals surface area contributed by atoms with Gasteiger partial charge in [0.2, 0.25) is 0 Å². The summed E-state index contributed by atoms with van der Waals surface area (Å²) in [5.41, 5.74) is 1.21. The number of piperidine rings is 1. The van der Waals surface area contributed by atoms with Crippen LogP contribution in [0.1, 0.15) is 24.8 Å². The van der Waals surface area contributed by atoms with Gasteiger partial charge in [-0.15, -0.1) is 0 Å². The van der Waals surface area contributed by atoms with Gasteiger partial charge in [0.05, 0.1) is 0 Å². The molecule has 0 bridgehead atoms. The fourth-order valence-corrected chi connectivity index (χ4v) is 3.45. The molecule has 2 atom stereocenters. The fraction of sp³-hybridized carbons (Fsp3) is 0.444. The average Bonchev–Trinajstić information content (AvgIpc) is 2.62. The van der Waals surface area contributed by atoms with Crippen molar-refractivity contribution in [2.75, 3.05) is 24.6 Å². The van der Waals surface area contributed by atoms with Gasteiger partial charge < -0.3 is 14.6 Å². The highest BCUT2D eigenvalue weighted by molar-refractivity contribution is 5.37. The van der Waals surface area contributed by atoms with E-state index in [-0.39, 0.29) is 18.1 Å². The van der Waals surface area contributed by atoms with Crippen LogP contribution in [0.15, 0.2) is 47.5 Å². The number of aryl methyl sites for hydroxylation is 1. The van der Waals surface area contributed by atoms with E-state index in [9.17, 15) is 9.90 Å². The van der Waals surface area contributed by atoms with E-state index in [0.717, 1.165) is 13.0 Å². The topological polar surface area (TPSA) is 58.4 Å². The van der Waals surface area contributed by atoms with Crippen LogP contribution in [0.25, 0.3) is 0 Å². The lowest BCUT2D eigenvalue weighted by Gasteiger charge is -2.38. The number of aliphatic hydroxyl groups excluding tert-OH is 1. The summed E-state index contributed by atoms with van der Waals surface area (Å²) in [6.07, 6.45) is 4.31. The molecule has 23 heavy (non-hydrogen) atoms. The monoisotopic (exact) mass is 313 g/mol. The lowest BCUT2D eigenvalue weighted by Crippen LogP contribution is -2.44. The first kappa shape index (κ1) is 15.7. The molecule has 1 fully saturated rings. The maximum Gasteiger partial charge on any atom is 0.293 e. The lowest BCUT2D eigenvalue weighted by molar-refractivity contribution is 0.189. The van der Waals surface area contributed by atoms with Crippen molar-refractivity contribution in [3.63, 3.8) is 0 Å². The van der Waals surface area contributed by atoms with Gasteiger partial charge in [-0.25, -0.2) is 4.98 Å². The van der Waals surface area contributed by atoms with Crippen molar-refractivity contribution in [2.45, 2.75) is 25.8 Å². The first-order chi connectivity index (χ1) is 11.2. The first-order valence-corrected chi connectivity index (χ1v) is 8.20. The van der Waals surface area contributed by atoms with Crippen molar-refractivity contribution in [1.29, 1.82) is 0 Å². The molecule has 0 spiro atoms. The van der Waals surface area contributed by atoms with Crippen molar-refractivity contribution in [2.24, 2.45) is 5.92 Å². The standard InChI is InChI=1S/C18H23N3O2/c1-2-20-11-9-19-17(18(20)23)21-10-8-16(15(12-21)13-22)14-6-4-3-5-7-14/h3-7,9,11,15-16,22H,2,8,10,12-13H2,1H3/t15-,16+/m1/s1. The summed E-state index contributed by atoms with van der Waals surface area (Å²) in [5, 5.41) is 9.83. The molecule has 2 heterocycles. The van der Waals surface area contributed by atoms with Crippen LogP contribution in [0.2, 0.25) is 0 Å². The minimum absolute atomic E-state index is 0.0511. The van der Waals surface area contributed by atoms with Crippen LogP contribution in [-0.4, -0.2) is 34.4 Å². The third kappa shape index (κ3) is 3.15. The Hall–Kier alpha value is -2.14. The molecule has 1 aromatic heterocycles. The number of benzene rings is 1. The number of aliphatic hydroxyl groups is 1. The van der Waals surface area contributed by atoms with Crippen molar-refractivity contribution in [3.8, 4) is 0 Å². The van der Waals surface area contributed by atoms with E-state index in [1.54, 1.807) is 17.0 Å². The smallest absolute Gasteiger partial charge is 0.293 e. The van der Waals surface area contributed by atoms with Gasteiger partial charge in [-0.3, -0.25) is 4.79 Å². The molecule has 0 unspecified atom stereocenters. The van der Waals surface area contributed by atoms with Crippen LogP contribution in [0.3, 0.4) is 0 Å². The summed E-state index contributed by atoms with van der Waals surface area (Å²) in [7, 11) is 0. The maximum atomic E-state index is 12.4. The Morgan fingerprint density at radius 2 is 2.09 bits per heavy atom. The van der Waals surface area contributed by atoms with Crippen LogP contribution in [0, 0.1) is 5.92 Å². The summed E-state index contributed by atoms with van der Waals surface area (Å²) in [6.45, 7) is 4.14. The molecular formula is C18H23N3O2. The van der Waals surface area contributed by atoms with E-state index < -0.39 is 0 Å². The number of hydrogen-bond donors (Lipinski definition) is 1. The highest BCUT2D eigenvalue weighted by atomic mass is 16.3. The van der Waals surface area contributed by atoms with Gasteiger partial charge >= 0.3 is 0 Å². The van der Waals surface area contributed by atoms with Gasteiger partial charge in [0.15, 0.2) is 5.82 Å². The number of rotatable bonds is 4. The highest BCUT2D eigenvalue weighted by Crippen LogP contribution is 2.33. The lowest BCUT2D eigenvalue weighted by atomic mass is 9.81. The summed E-state index contributed by atoms with van der Waals surface area (Å²) >= 11 is 0. The third-order valence-corrected chi connectivity index (χ3v) is 4.73. The Bertz CT molecular complexity index is 699. The summed E-state index contributed by atoms with van der Waals surface area (Å²) in [5.74, 6) is 0.941. The normalized spacial score (nSPS) is 21.4. The summed E-state index contributed by atoms with van der Waals surface area (Å²) in [4.78, 5) is 18.8. The molecule has 0 radical (unpaired) electrons. The molecule has 3 rings (SSSR count). The molecule has 122 valence electrons. The van der Waals surface area contributed by atoms with Gasteiger partial charge in [0.1, 0.15) is 0 Å². The second kappa shape index (κ2) is 6.96. The Balaban J connectivity index is 1.83. The highest BCUT2D eigenvalue weighted by Gasteiger charge is 2.31. The molecule has 2 aromatic rings. The molecule has 0 amide bonds. The van der Waals surface area contributed by atoms with Crippen LogP contribution >= 0.6 is 0 Å². The van der Waals surface area contributed by atoms with E-state index in [1.165, 1.54) is 5.56 Å². The van der Waals surface area contributed by atoms with Crippen molar-refractivity contribution in [1.82, 2.24) is 9.55 Å². The van der Waals surface area contributed by atoms with Crippen LogP contribution < -0.4 is 10.5 Å². The van der Waals surface area contributed by atoms with Crippen molar-refractivity contribution >= 4 is 5.82 Å². The number of aromatic nitrogens is 2. The molecule has 0 saturated carbocycles. The maximum absolute atomic E-state index is 12.4. The third-order valence-electron chi connectivity index (χ3n) is 4.73. The minimum atomic E-state index is -0.0511. The molecule has 0 aliphatic carbocycles. The second-order valence-electron chi connectivity index (χ2n) is 6.04. The van der Waals surface area contributed by atoms with E-state index in [1.807, 2.05) is 30.0 Å². The zero-order chi connectivity index (χ0) is 16.2. The Morgan fingerprint density at radius 1 is 1.30 bits per heavy atom. The Kier molecular flexibility index (Phi) is 4.76. The van der Waals surface area contributed by atoms with E-state index in [0.29, 0.717) is 24.8 Å². The molecule has 1 N–H and O–H groups in total. The molecular weight excluding hydrogens is 290 g/mol. The number of nitrogens with zero attached hydrogens (tertiary/aromatic N) is 3. The summed E-state index contributed by atoms with van der Waals surface area (Å²) in [6, 6.07) is 10.3. The molecule has 1 aliphatic heterocycles. The van der Waals surface area contributed by atoms with E-state index >= 15 is 0 Å². The molecule has 1 aromatic carbocycles. The van der Waals surface area contributed by atoms with Gasteiger partial charge in [0.25, 0.3) is 5.56 Å². The van der Waals surface area contributed by atoms with Crippen molar-refractivity contribution < 1.29 is 5.11 Å². The predicted octanol–water partition coefficient (Wildman–Crippen LogP) is 1.87. The Morgan fingerprint density at radius 3 is 2.78 bits per heavy atom. The molecule has 1 saturated heterocycles. The zero-order valence-electron chi connectivity index (χ0n) is 13.4. The van der Waals surface area contributed by atoms with Crippen LogP contribution in [0.5, 0.6) is 0 Å². The zero-order valence-corrected chi connectivity index (χ0v) is 13.4. The summed E-state index contributed by atoms with van der Waals surface area (Å²) < 4.78 is 1.67. The number of hydrogen-bond acceptors (Lipinski definition) is 4. The van der Waals surface area contributed by atoms with Gasteiger partial charge in [-0.05, 0) is 24.8 Å². The molecule has 5 heteroatoms. The molecule has 5 nitrogen and oxygen atoms in total. The number of anilines is 1. The van der Waals surface area contributed by atoms with Gasteiger partial charge in [-0.1, -0.05) is 30.3 Å². The minimum Gasteiger partial charge on any atom is -0.396 e. The fourth-order valence-electron chi connectivity index (χ4n) is 3.45. The largest absolute Gasteiger partial charge is 0.396 e. The van der Waals surface area contributed by atoms with Gasteiger partial charge in [0, 0.05) is 44.6 Å².